The molecule has 10 heteroatoms. The third kappa shape index (κ3) is 6.94. The first kappa shape index (κ1) is 26.9. The predicted molar refractivity (Wildman–Crippen MR) is 130 cm³/mol. The summed E-state index contributed by atoms with van der Waals surface area (Å²) in [5.74, 6) is 0.345. The van der Waals surface area contributed by atoms with Crippen LogP contribution in [0.4, 0.5) is 18.2 Å². The fourth-order valence-corrected chi connectivity index (χ4v) is 5.40. The molecule has 0 radical (unpaired) electrons. The van der Waals surface area contributed by atoms with Gasteiger partial charge >= 0.3 is 6.18 Å². The minimum absolute atomic E-state index is 0.153. The Hall–Kier alpha value is -2.66. The molecule has 1 aliphatic rings. The zero-order valence-electron chi connectivity index (χ0n) is 20.0. The van der Waals surface area contributed by atoms with E-state index in [1.165, 1.54) is 17.4 Å². The molecule has 0 aliphatic carbocycles. The van der Waals surface area contributed by atoms with E-state index >= 15 is 0 Å². The van der Waals surface area contributed by atoms with Crippen molar-refractivity contribution in [1.82, 2.24) is 14.8 Å². The van der Waals surface area contributed by atoms with E-state index in [0.29, 0.717) is 18.2 Å². The highest BCUT2D eigenvalue weighted by atomic mass is 32.1. The number of nitrogens with zero attached hydrogens (tertiary/aromatic N) is 5. The second kappa shape index (κ2) is 11.9. The minimum atomic E-state index is -4.40. The molecule has 0 aromatic carbocycles. The maximum atomic E-state index is 12.6. The maximum absolute atomic E-state index is 12.6. The van der Waals surface area contributed by atoms with Gasteiger partial charge in [-0.15, -0.1) is 0 Å². The lowest BCUT2D eigenvalue weighted by molar-refractivity contribution is -0.137. The summed E-state index contributed by atoms with van der Waals surface area (Å²) in [6.07, 6.45) is -1.95. The van der Waals surface area contributed by atoms with Gasteiger partial charge in [-0.25, -0.2) is 9.83 Å². The topological polar surface area (TPSA) is 56.8 Å². The van der Waals surface area contributed by atoms with E-state index in [9.17, 15) is 18.4 Å². The number of ether oxygens (including phenoxy) is 1. The van der Waals surface area contributed by atoms with Crippen molar-refractivity contribution in [3.8, 4) is 11.9 Å². The van der Waals surface area contributed by atoms with Crippen LogP contribution in [0, 0.1) is 23.8 Å². The molecule has 0 saturated carbocycles. The maximum Gasteiger partial charge on any atom is 0.417 e. The van der Waals surface area contributed by atoms with Crippen molar-refractivity contribution in [2.24, 2.45) is 5.92 Å². The average Bonchev–Trinajstić information content (AvgIpc) is 3.32. The summed E-state index contributed by atoms with van der Waals surface area (Å²) in [6.45, 7) is 16.9. The number of thiophene rings is 1. The van der Waals surface area contributed by atoms with E-state index in [1.54, 1.807) is 6.07 Å². The summed E-state index contributed by atoms with van der Waals surface area (Å²) in [6, 6.07) is 8.53. The lowest BCUT2D eigenvalue weighted by Crippen LogP contribution is -2.47. The Morgan fingerprint density at radius 3 is 2.34 bits per heavy atom. The van der Waals surface area contributed by atoms with Crippen molar-refractivity contribution in [2.45, 2.75) is 38.3 Å². The summed E-state index contributed by atoms with van der Waals surface area (Å²) in [7, 11) is 0. The summed E-state index contributed by atoms with van der Waals surface area (Å²) in [4.78, 5) is 12.9. The normalized spacial score (nSPS) is 17.0. The summed E-state index contributed by atoms with van der Waals surface area (Å²) in [5.41, 5.74) is -1.36. The van der Waals surface area contributed by atoms with Crippen LogP contribution in [0.2, 0.25) is 0 Å². The number of alkyl halides is 3. The molecule has 0 amide bonds. The first-order valence-electron chi connectivity index (χ1n) is 11.7. The third-order valence-corrected chi connectivity index (χ3v) is 7.72. The fourth-order valence-electron chi connectivity index (χ4n) is 4.29. The molecule has 0 N–H and O–H groups in total. The average molecular weight is 506 g/mol. The van der Waals surface area contributed by atoms with Gasteiger partial charge in [0.05, 0.1) is 23.6 Å². The molecule has 3 heterocycles. The van der Waals surface area contributed by atoms with Gasteiger partial charge in [0.2, 0.25) is 10.9 Å². The highest BCUT2D eigenvalue weighted by molar-refractivity contribution is 7.16. The van der Waals surface area contributed by atoms with Crippen molar-refractivity contribution in [2.75, 3.05) is 45.9 Å². The Bertz CT molecular complexity index is 1030. The van der Waals surface area contributed by atoms with Crippen molar-refractivity contribution in [1.29, 1.82) is 5.26 Å². The van der Waals surface area contributed by atoms with Crippen LogP contribution in [0.1, 0.15) is 37.1 Å². The lowest BCUT2D eigenvalue weighted by atomic mass is 9.73. The molecule has 0 bridgehead atoms. The van der Waals surface area contributed by atoms with Gasteiger partial charge in [0, 0.05) is 49.9 Å². The molecule has 3 rings (SSSR count). The standard InChI is InChI=1S/C25H30F3N5OS/c1-19(2)24(18-29,21-6-8-23(30-3)35-21)9-4-10-32-11-13-33(14-12-32)15-16-34-22-7-5-20(17-31-22)25(26,27)28/h5-8,17,19H,4,9-16H2,1-2H3. The Morgan fingerprint density at radius 1 is 1.14 bits per heavy atom. The molecule has 2 aromatic rings. The Morgan fingerprint density at radius 2 is 1.83 bits per heavy atom. The lowest BCUT2D eigenvalue weighted by Gasteiger charge is -2.36. The van der Waals surface area contributed by atoms with Gasteiger partial charge in [0.1, 0.15) is 6.61 Å². The van der Waals surface area contributed by atoms with E-state index in [1.807, 2.05) is 6.07 Å². The second-order valence-corrected chi connectivity index (χ2v) is 10.1. The van der Waals surface area contributed by atoms with E-state index in [4.69, 9.17) is 11.3 Å². The largest absolute Gasteiger partial charge is 0.476 e. The highest BCUT2D eigenvalue weighted by Crippen LogP contribution is 2.42. The third-order valence-electron chi connectivity index (χ3n) is 6.56. The van der Waals surface area contributed by atoms with Crippen molar-refractivity contribution in [3.05, 3.63) is 52.3 Å². The molecular weight excluding hydrogens is 475 g/mol. The Kier molecular flexibility index (Phi) is 9.12. The van der Waals surface area contributed by atoms with E-state index in [0.717, 1.165) is 62.7 Å². The van der Waals surface area contributed by atoms with Gasteiger partial charge in [0.25, 0.3) is 0 Å². The predicted octanol–water partition coefficient (Wildman–Crippen LogP) is 5.61. The number of rotatable bonds is 10. The van der Waals surface area contributed by atoms with Gasteiger partial charge in [-0.05, 0) is 37.4 Å². The smallest absolute Gasteiger partial charge is 0.417 e. The molecule has 1 atom stereocenters. The quantitative estimate of drug-likeness (QED) is 0.393. The molecule has 35 heavy (non-hydrogen) atoms. The van der Waals surface area contributed by atoms with Crippen LogP contribution in [0.25, 0.3) is 4.85 Å². The zero-order valence-corrected chi connectivity index (χ0v) is 20.8. The number of hydrogen-bond donors (Lipinski definition) is 0. The number of hydrogen-bond acceptors (Lipinski definition) is 6. The highest BCUT2D eigenvalue weighted by Gasteiger charge is 2.37. The molecule has 0 spiro atoms. The van der Waals surface area contributed by atoms with E-state index < -0.39 is 17.2 Å². The molecule has 2 aromatic heterocycles. The molecule has 1 aliphatic heterocycles. The van der Waals surface area contributed by atoms with Crippen LogP contribution < -0.4 is 4.74 Å². The van der Waals surface area contributed by atoms with Crippen molar-refractivity contribution < 1.29 is 17.9 Å². The summed E-state index contributed by atoms with van der Waals surface area (Å²) >= 11 is 1.42. The van der Waals surface area contributed by atoms with Crippen molar-refractivity contribution >= 4 is 16.3 Å². The van der Waals surface area contributed by atoms with E-state index in [2.05, 4.69) is 39.5 Å². The zero-order chi connectivity index (χ0) is 25.5. The first-order valence-corrected chi connectivity index (χ1v) is 12.5. The van der Waals surface area contributed by atoms with Crippen LogP contribution in [-0.2, 0) is 11.6 Å². The first-order chi connectivity index (χ1) is 16.7. The minimum Gasteiger partial charge on any atom is -0.476 e. The molecule has 1 saturated heterocycles. The number of pyridine rings is 1. The second-order valence-electron chi connectivity index (χ2n) is 9.01. The van der Waals surface area contributed by atoms with Crippen LogP contribution >= 0.6 is 11.3 Å². The van der Waals surface area contributed by atoms with Gasteiger partial charge in [-0.2, -0.15) is 29.8 Å². The van der Waals surface area contributed by atoms with Gasteiger partial charge in [-0.1, -0.05) is 19.9 Å². The SMILES string of the molecule is [C-]#[N+]c1ccc(C(C#N)(CCCN2CCN(CCOc3ccc(C(F)(F)F)cn3)CC2)C(C)C)s1. The number of piperazine rings is 1. The van der Waals surface area contributed by atoms with Crippen LogP contribution in [0.5, 0.6) is 5.88 Å². The fraction of sp³-hybridized carbons (Fsp3) is 0.560. The molecule has 1 unspecified atom stereocenters. The van der Waals surface area contributed by atoms with Crippen LogP contribution in [0.3, 0.4) is 0 Å². The summed E-state index contributed by atoms with van der Waals surface area (Å²) in [5, 5.41) is 10.7. The summed E-state index contributed by atoms with van der Waals surface area (Å²) < 4.78 is 43.3. The number of nitriles is 1. The Labute approximate surface area is 208 Å². The van der Waals surface area contributed by atoms with Gasteiger partial charge < -0.3 is 9.64 Å². The molecular formula is C25H30F3N5OS. The van der Waals surface area contributed by atoms with Gasteiger partial charge in [0.15, 0.2) is 0 Å². The van der Waals surface area contributed by atoms with E-state index in [-0.39, 0.29) is 11.8 Å². The number of halogens is 3. The van der Waals surface area contributed by atoms with Gasteiger partial charge in [-0.3, -0.25) is 4.90 Å². The molecule has 188 valence electrons. The Balaban J connectivity index is 1.40. The number of aromatic nitrogens is 1. The molecule has 6 nitrogen and oxygen atoms in total. The van der Waals surface area contributed by atoms with Crippen molar-refractivity contribution in [3.63, 3.8) is 0 Å². The van der Waals surface area contributed by atoms with Crippen LogP contribution in [-0.4, -0.2) is 60.7 Å². The monoisotopic (exact) mass is 505 g/mol. The van der Waals surface area contributed by atoms with Crippen LogP contribution in [0.15, 0.2) is 30.5 Å². The molecule has 1 fully saturated rings.